The third kappa shape index (κ3) is 6.06. The van der Waals surface area contributed by atoms with Crippen LogP contribution in [0.2, 0.25) is 10.3 Å². The van der Waals surface area contributed by atoms with E-state index in [1.165, 1.54) is 0 Å². The number of aliphatic hydroxyl groups excluding tert-OH is 1. The molecule has 1 N–H and O–H groups in total. The highest BCUT2D eigenvalue weighted by atomic mass is 35.5. The molecule has 2 aromatic heterocycles. The molecule has 20 heavy (non-hydrogen) atoms. The first kappa shape index (κ1) is 17.2. The average Bonchev–Trinajstić information content (AvgIpc) is 2.37. The molecule has 0 spiro atoms. The number of hydrogen-bond acceptors (Lipinski definition) is 3. The van der Waals surface area contributed by atoms with Gasteiger partial charge < -0.3 is 5.11 Å². The molecule has 2 aromatic rings. The molecule has 0 amide bonds. The van der Waals surface area contributed by atoms with Crippen LogP contribution in [0.4, 0.5) is 0 Å². The summed E-state index contributed by atoms with van der Waals surface area (Å²) in [6.45, 7) is 3.75. The molecule has 2 rings (SSSR count). The van der Waals surface area contributed by atoms with E-state index in [1.54, 1.807) is 18.2 Å². The molecule has 0 saturated carbocycles. The molecular formula is C14H15Cl3N2O. The standard InChI is InChI=1S/C7H7Cl2N.C7H8ClNO/c1-5-2-6(4-8)3-7(9)10-5;1-5-2-6(4-10)3-7(8)9-5/h2-3H,4H2,1H3;2-3,10H,4H2,1H3. The van der Waals surface area contributed by atoms with Crippen molar-refractivity contribution in [3.05, 3.63) is 57.1 Å². The number of alkyl halides is 1. The van der Waals surface area contributed by atoms with Crippen molar-refractivity contribution in [2.75, 3.05) is 0 Å². The summed E-state index contributed by atoms with van der Waals surface area (Å²) >= 11 is 16.9. The smallest absolute Gasteiger partial charge is 0.129 e. The van der Waals surface area contributed by atoms with Gasteiger partial charge in [-0.1, -0.05) is 23.2 Å². The van der Waals surface area contributed by atoms with Gasteiger partial charge in [-0.25, -0.2) is 9.97 Å². The monoisotopic (exact) mass is 332 g/mol. The predicted octanol–water partition coefficient (Wildman–Crippen LogP) is 4.32. The largest absolute Gasteiger partial charge is 0.392 e. The van der Waals surface area contributed by atoms with Crippen LogP contribution >= 0.6 is 34.8 Å². The van der Waals surface area contributed by atoms with Crippen molar-refractivity contribution in [1.29, 1.82) is 0 Å². The molecule has 0 atom stereocenters. The van der Waals surface area contributed by atoms with Gasteiger partial charge in [0.25, 0.3) is 0 Å². The predicted molar refractivity (Wildman–Crippen MR) is 83.4 cm³/mol. The lowest BCUT2D eigenvalue weighted by molar-refractivity contribution is 0.281. The maximum atomic E-state index is 8.70. The second-order valence-electron chi connectivity index (χ2n) is 4.17. The van der Waals surface area contributed by atoms with Crippen molar-refractivity contribution < 1.29 is 5.11 Å². The number of rotatable bonds is 2. The number of hydrogen-bond donors (Lipinski definition) is 1. The van der Waals surface area contributed by atoms with Crippen LogP contribution in [0.1, 0.15) is 22.5 Å². The summed E-state index contributed by atoms with van der Waals surface area (Å²) in [6, 6.07) is 7.13. The van der Waals surface area contributed by atoms with E-state index in [4.69, 9.17) is 39.9 Å². The number of aliphatic hydroxyl groups is 1. The van der Waals surface area contributed by atoms with E-state index in [-0.39, 0.29) is 6.61 Å². The lowest BCUT2D eigenvalue weighted by atomic mass is 10.2. The Labute approximate surface area is 133 Å². The summed E-state index contributed by atoms with van der Waals surface area (Å²) < 4.78 is 0. The van der Waals surface area contributed by atoms with Crippen molar-refractivity contribution in [2.24, 2.45) is 0 Å². The summed E-state index contributed by atoms with van der Waals surface area (Å²) in [7, 11) is 0. The van der Waals surface area contributed by atoms with E-state index in [0.717, 1.165) is 22.5 Å². The number of halogens is 3. The van der Waals surface area contributed by atoms with Crippen molar-refractivity contribution in [2.45, 2.75) is 26.3 Å². The average molecular weight is 334 g/mol. The van der Waals surface area contributed by atoms with Crippen molar-refractivity contribution in [3.8, 4) is 0 Å². The van der Waals surface area contributed by atoms with Gasteiger partial charge >= 0.3 is 0 Å². The van der Waals surface area contributed by atoms with E-state index in [2.05, 4.69) is 9.97 Å². The van der Waals surface area contributed by atoms with Gasteiger partial charge in [0.2, 0.25) is 0 Å². The topological polar surface area (TPSA) is 46.0 Å². The minimum Gasteiger partial charge on any atom is -0.392 e. The Morgan fingerprint density at radius 3 is 1.75 bits per heavy atom. The highest BCUT2D eigenvalue weighted by Gasteiger charge is 1.95. The van der Waals surface area contributed by atoms with Gasteiger partial charge in [-0.3, -0.25) is 0 Å². The molecule has 0 aliphatic rings. The Balaban J connectivity index is 0.000000200. The molecule has 0 aromatic carbocycles. The summed E-state index contributed by atoms with van der Waals surface area (Å²) in [4.78, 5) is 7.93. The van der Waals surface area contributed by atoms with Crippen LogP contribution in [0.3, 0.4) is 0 Å². The van der Waals surface area contributed by atoms with Crippen LogP contribution in [0, 0.1) is 13.8 Å². The van der Waals surface area contributed by atoms with Gasteiger partial charge in [-0.2, -0.15) is 0 Å². The van der Waals surface area contributed by atoms with Gasteiger partial charge in [0.15, 0.2) is 0 Å². The van der Waals surface area contributed by atoms with Crippen LogP contribution in [-0.2, 0) is 12.5 Å². The van der Waals surface area contributed by atoms with Crippen molar-refractivity contribution in [3.63, 3.8) is 0 Å². The molecule has 3 nitrogen and oxygen atoms in total. The zero-order chi connectivity index (χ0) is 15.1. The van der Waals surface area contributed by atoms with Crippen LogP contribution in [0.25, 0.3) is 0 Å². The van der Waals surface area contributed by atoms with E-state index in [1.807, 2.05) is 19.9 Å². The second kappa shape index (κ2) is 8.42. The molecule has 0 radical (unpaired) electrons. The fraction of sp³-hybridized carbons (Fsp3) is 0.286. The number of aryl methyl sites for hydroxylation is 2. The third-order valence-electron chi connectivity index (χ3n) is 2.30. The first-order valence-corrected chi connectivity index (χ1v) is 7.16. The van der Waals surface area contributed by atoms with E-state index in [9.17, 15) is 0 Å². The minimum absolute atomic E-state index is 0.0169. The van der Waals surface area contributed by atoms with E-state index >= 15 is 0 Å². The fourth-order valence-corrected chi connectivity index (χ4v) is 2.26. The van der Waals surface area contributed by atoms with E-state index < -0.39 is 0 Å². The minimum atomic E-state index is 0.0169. The van der Waals surface area contributed by atoms with Crippen LogP contribution < -0.4 is 0 Å². The zero-order valence-corrected chi connectivity index (χ0v) is 13.5. The van der Waals surface area contributed by atoms with Crippen LogP contribution in [-0.4, -0.2) is 15.1 Å². The highest BCUT2D eigenvalue weighted by molar-refractivity contribution is 6.29. The molecule has 108 valence electrons. The highest BCUT2D eigenvalue weighted by Crippen LogP contribution is 2.11. The van der Waals surface area contributed by atoms with Gasteiger partial charge in [0.1, 0.15) is 10.3 Å². The first-order valence-electron chi connectivity index (χ1n) is 5.87. The molecule has 0 bridgehead atoms. The molecule has 0 fully saturated rings. The van der Waals surface area contributed by atoms with Crippen LogP contribution in [0.5, 0.6) is 0 Å². The maximum absolute atomic E-state index is 8.70. The summed E-state index contributed by atoms with van der Waals surface area (Å²) in [5, 5.41) is 9.64. The Hall–Kier alpha value is -0.870. The first-order chi connectivity index (χ1) is 9.44. The number of nitrogens with zero attached hydrogens (tertiary/aromatic N) is 2. The Bertz CT molecular complexity index is 484. The van der Waals surface area contributed by atoms with E-state index in [0.29, 0.717) is 16.2 Å². The molecule has 6 heteroatoms. The Kier molecular flexibility index (Phi) is 7.24. The molecule has 2 heterocycles. The molecule has 0 unspecified atom stereocenters. The number of pyridine rings is 2. The maximum Gasteiger partial charge on any atom is 0.129 e. The Morgan fingerprint density at radius 2 is 1.35 bits per heavy atom. The van der Waals surface area contributed by atoms with Gasteiger partial charge in [-0.05, 0) is 49.2 Å². The second-order valence-corrected chi connectivity index (χ2v) is 5.21. The van der Waals surface area contributed by atoms with Gasteiger partial charge in [0.05, 0.1) is 6.61 Å². The molecular weight excluding hydrogens is 319 g/mol. The Morgan fingerprint density at radius 1 is 0.900 bits per heavy atom. The molecule has 0 saturated heterocycles. The van der Waals surface area contributed by atoms with Crippen molar-refractivity contribution in [1.82, 2.24) is 9.97 Å². The summed E-state index contributed by atoms with van der Waals surface area (Å²) in [6.07, 6.45) is 0. The van der Waals surface area contributed by atoms with Gasteiger partial charge in [-0.15, -0.1) is 11.6 Å². The quantitative estimate of drug-likeness (QED) is 0.657. The SMILES string of the molecule is Cc1cc(CCl)cc(Cl)n1.Cc1cc(CO)cc(Cl)n1. The number of aromatic nitrogens is 2. The molecule has 0 aliphatic carbocycles. The molecule has 0 aliphatic heterocycles. The van der Waals surface area contributed by atoms with Gasteiger partial charge in [0, 0.05) is 17.3 Å². The van der Waals surface area contributed by atoms with Crippen LogP contribution in [0.15, 0.2) is 24.3 Å². The fourth-order valence-electron chi connectivity index (χ4n) is 1.56. The lowest BCUT2D eigenvalue weighted by Crippen LogP contribution is -1.87. The lowest BCUT2D eigenvalue weighted by Gasteiger charge is -1.97. The zero-order valence-electron chi connectivity index (χ0n) is 11.2. The summed E-state index contributed by atoms with van der Waals surface area (Å²) in [5.74, 6) is 0.489. The summed E-state index contributed by atoms with van der Waals surface area (Å²) in [5.41, 5.74) is 3.55. The van der Waals surface area contributed by atoms with Crippen molar-refractivity contribution >= 4 is 34.8 Å². The third-order valence-corrected chi connectivity index (χ3v) is 3.00. The normalized spacial score (nSPS) is 9.90.